The van der Waals surface area contributed by atoms with Crippen LogP contribution in [0.5, 0.6) is 0 Å². The Kier molecular flexibility index (Phi) is 5.06. The maximum Gasteiger partial charge on any atom is 0.226 e. The molecule has 0 unspecified atom stereocenters. The normalized spacial score (nSPS) is 10.6. The first-order valence-electron chi connectivity index (χ1n) is 8.00. The highest BCUT2D eigenvalue weighted by Crippen LogP contribution is 2.30. The lowest BCUT2D eigenvalue weighted by Crippen LogP contribution is -2.12. The van der Waals surface area contributed by atoms with Crippen molar-refractivity contribution in [2.75, 3.05) is 5.32 Å². The van der Waals surface area contributed by atoms with E-state index in [4.69, 9.17) is 0 Å². The summed E-state index contributed by atoms with van der Waals surface area (Å²) in [6.07, 6.45) is 1.20. The van der Waals surface area contributed by atoms with Crippen LogP contribution in [-0.4, -0.2) is 10.9 Å². The molecular weight excluding hydrogens is 316 g/mol. The number of hydrogen-bond acceptors (Lipinski definition) is 3. The molecular formula is C20H20N2OS. The fraction of sp³-hybridized carbons (Fsp3) is 0.200. The standard InChI is InChI=1S/C20H20N2OS/c1-14-8-10-16(11-9-14)12-13-18(23)21-20-22-19(15(2)24-20)17-6-4-3-5-7-17/h3-11H,12-13H2,1-2H3,(H,21,22,23). The van der Waals surface area contributed by atoms with E-state index < -0.39 is 0 Å². The third-order valence-electron chi connectivity index (χ3n) is 3.85. The first-order valence-corrected chi connectivity index (χ1v) is 8.82. The van der Waals surface area contributed by atoms with Gasteiger partial charge in [-0.1, -0.05) is 60.2 Å². The number of amides is 1. The molecule has 122 valence electrons. The summed E-state index contributed by atoms with van der Waals surface area (Å²) < 4.78 is 0. The molecule has 0 saturated carbocycles. The quantitative estimate of drug-likeness (QED) is 0.712. The van der Waals surface area contributed by atoms with E-state index in [9.17, 15) is 4.79 Å². The number of aromatic nitrogens is 1. The van der Waals surface area contributed by atoms with E-state index in [-0.39, 0.29) is 5.91 Å². The van der Waals surface area contributed by atoms with E-state index in [1.165, 1.54) is 22.5 Å². The third kappa shape index (κ3) is 4.09. The van der Waals surface area contributed by atoms with Gasteiger partial charge in [-0.05, 0) is 25.8 Å². The molecule has 0 aliphatic rings. The molecule has 1 aromatic heterocycles. The molecule has 0 fully saturated rings. The minimum atomic E-state index is 0.00365. The molecule has 0 spiro atoms. The Labute approximate surface area is 146 Å². The van der Waals surface area contributed by atoms with Gasteiger partial charge in [0.15, 0.2) is 5.13 Å². The van der Waals surface area contributed by atoms with Crippen LogP contribution >= 0.6 is 11.3 Å². The van der Waals surface area contributed by atoms with Gasteiger partial charge in [0.05, 0.1) is 5.69 Å². The van der Waals surface area contributed by atoms with Crippen LogP contribution < -0.4 is 5.32 Å². The number of aryl methyl sites for hydroxylation is 3. The SMILES string of the molecule is Cc1ccc(CCC(=O)Nc2nc(-c3ccccc3)c(C)s2)cc1. The Morgan fingerprint density at radius 1 is 1.04 bits per heavy atom. The summed E-state index contributed by atoms with van der Waals surface area (Å²) in [5, 5.41) is 3.59. The van der Waals surface area contributed by atoms with Crippen LogP contribution in [0.25, 0.3) is 11.3 Å². The van der Waals surface area contributed by atoms with E-state index in [0.717, 1.165) is 22.6 Å². The second-order valence-electron chi connectivity index (χ2n) is 5.82. The van der Waals surface area contributed by atoms with Gasteiger partial charge in [-0.2, -0.15) is 0 Å². The lowest BCUT2D eigenvalue weighted by molar-refractivity contribution is -0.116. The number of rotatable bonds is 5. The van der Waals surface area contributed by atoms with Gasteiger partial charge in [0.25, 0.3) is 0 Å². The zero-order chi connectivity index (χ0) is 16.9. The van der Waals surface area contributed by atoms with Gasteiger partial charge >= 0.3 is 0 Å². The number of benzene rings is 2. The Morgan fingerprint density at radius 3 is 2.46 bits per heavy atom. The highest BCUT2D eigenvalue weighted by Gasteiger charge is 2.11. The Hall–Kier alpha value is -2.46. The van der Waals surface area contributed by atoms with Crippen molar-refractivity contribution < 1.29 is 4.79 Å². The number of anilines is 1. The Morgan fingerprint density at radius 2 is 1.75 bits per heavy atom. The van der Waals surface area contributed by atoms with Gasteiger partial charge in [0.2, 0.25) is 5.91 Å². The molecule has 3 aromatic rings. The van der Waals surface area contributed by atoms with Gasteiger partial charge in [0.1, 0.15) is 0 Å². The van der Waals surface area contributed by atoms with Crippen molar-refractivity contribution in [3.8, 4) is 11.3 Å². The molecule has 24 heavy (non-hydrogen) atoms. The van der Waals surface area contributed by atoms with E-state index in [0.29, 0.717) is 11.6 Å². The van der Waals surface area contributed by atoms with Crippen molar-refractivity contribution in [2.24, 2.45) is 0 Å². The molecule has 1 N–H and O–H groups in total. The highest BCUT2D eigenvalue weighted by atomic mass is 32.1. The lowest BCUT2D eigenvalue weighted by Gasteiger charge is -2.03. The zero-order valence-corrected chi connectivity index (χ0v) is 14.7. The van der Waals surface area contributed by atoms with Crippen molar-refractivity contribution in [3.63, 3.8) is 0 Å². The van der Waals surface area contributed by atoms with Crippen LogP contribution in [0.1, 0.15) is 22.4 Å². The van der Waals surface area contributed by atoms with Gasteiger partial charge in [0, 0.05) is 16.9 Å². The molecule has 0 atom stereocenters. The van der Waals surface area contributed by atoms with E-state index in [1.54, 1.807) is 0 Å². The first kappa shape index (κ1) is 16.4. The predicted molar refractivity (Wildman–Crippen MR) is 100 cm³/mol. The molecule has 0 aliphatic heterocycles. The van der Waals surface area contributed by atoms with Crippen molar-refractivity contribution in [2.45, 2.75) is 26.7 Å². The van der Waals surface area contributed by atoms with Crippen molar-refractivity contribution in [1.29, 1.82) is 0 Å². The number of hydrogen-bond donors (Lipinski definition) is 1. The van der Waals surface area contributed by atoms with Crippen LogP contribution in [0, 0.1) is 13.8 Å². The number of nitrogens with zero attached hydrogens (tertiary/aromatic N) is 1. The van der Waals surface area contributed by atoms with Crippen molar-refractivity contribution >= 4 is 22.4 Å². The maximum atomic E-state index is 12.2. The number of carbonyl (C=O) groups is 1. The zero-order valence-electron chi connectivity index (χ0n) is 13.9. The minimum Gasteiger partial charge on any atom is -0.302 e. The van der Waals surface area contributed by atoms with Gasteiger partial charge < -0.3 is 5.32 Å². The third-order valence-corrected chi connectivity index (χ3v) is 4.74. The van der Waals surface area contributed by atoms with Gasteiger partial charge in [-0.25, -0.2) is 4.98 Å². The fourth-order valence-electron chi connectivity index (χ4n) is 2.51. The smallest absolute Gasteiger partial charge is 0.226 e. The van der Waals surface area contributed by atoms with Crippen molar-refractivity contribution in [1.82, 2.24) is 4.98 Å². The van der Waals surface area contributed by atoms with Gasteiger partial charge in [-0.15, -0.1) is 11.3 Å². The monoisotopic (exact) mass is 336 g/mol. The number of nitrogens with one attached hydrogen (secondary N) is 1. The molecule has 1 heterocycles. The first-order chi connectivity index (χ1) is 11.6. The van der Waals surface area contributed by atoms with E-state index in [1.807, 2.05) is 37.3 Å². The summed E-state index contributed by atoms with van der Waals surface area (Å²) >= 11 is 1.52. The van der Waals surface area contributed by atoms with Gasteiger partial charge in [-0.3, -0.25) is 4.79 Å². The summed E-state index contributed by atoms with van der Waals surface area (Å²) in [6.45, 7) is 4.09. The minimum absolute atomic E-state index is 0.00365. The topological polar surface area (TPSA) is 42.0 Å². The molecule has 0 bridgehead atoms. The Balaban J connectivity index is 1.61. The number of thiazole rings is 1. The average molecular weight is 336 g/mol. The van der Waals surface area contributed by atoms with E-state index >= 15 is 0 Å². The molecule has 0 saturated heterocycles. The summed E-state index contributed by atoms with van der Waals surface area (Å²) in [7, 11) is 0. The molecule has 0 radical (unpaired) electrons. The molecule has 3 nitrogen and oxygen atoms in total. The molecule has 3 rings (SSSR count). The predicted octanol–water partition coefficient (Wildman–Crippen LogP) is 5.00. The lowest BCUT2D eigenvalue weighted by atomic mass is 10.1. The summed E-state index contributed by atoms with van der Waals surface area (Å²) in [5.41, 5.74) is 4.42. The van der Waals surface area contributed by atoms with E-state index in [2.05, 4.69) is 41.5 Å². The van der Waals surface area contributed by atoms with Crippen LogP contribution in [0.4, 0.5) is 5.13 Å². The molecule has 1 amide bonds. The largest absolute Gasteiger partial charge is 0.302 e. The Bertz CT molecular complexity index is 823. The maximum absolute atomic E-state index is 12.2. The summed E-state index contributed by atoms with van der Waals surface area (Å²) in [6, 6.07) is 18.3. The summed E-state index contributed by atoms with van der Waals surface area (Å²) in [4.78, 5) is 17.8. The second kappa shape index (κ2) is 7.41. The average Bonchev–Trinajstić information content (AvgIpc) is 2.95. The molecule has 0 aliphatic carbocycles. The second-order valence-corrected chi connectivity index (χ2v) is 7.03. The summed E-state index contributed by atoms with van der Waals surface area (Å²) in [5.74, 6) is 0.00365. The fourth-order valence-corrected chi connectivity index (χ4v) is 3.36. The molecule has 2 aromatic carbocycles. The van der Waals surface area contributed by atoms with Crippen LogP contribution in [0.15, 0.2) is 54.6 Å². The van der Waals surface area contributed by atoms with Crippen LogP contribution in [0.2, 0.25) is 0 Å². The van der Waals surface area contributed by atoms with Crippen molar-refractivity contribution in [3.05, 3.63) is 70.6 Å². The highest BCUT2D eigenvalue weighted by molar-refractivity contribution is 7.16. The van der Waals surface area contributed by atoms with Crippen LogP contribution in [-0.2, 0) is 11.2 Å². The molecule has 4 heteroatoms. The van der Waals surface area contributed by atoms with Crippen LogP contribution in [0.3, 0.4) is 0 Å². The number of carbonyl (C=O) groups excluding carboxylic acids is 1.